The monoisotopic (exact) mass is 311 g/mol. The molecule has 1 aliphatic heterocycles. The molecule has 0 N–H and O–H groups in total. The highest BCUT2D eigenvalue weighted by Gasteiger charge is 2.20. The van der Waals surface area contributed by atoms with Crippen LogP contribution in [0.2, 0.25) is 0 Å². The van der Waals surface area contributed by atoms with Gasteiger partial charge in [-0.25, -0.2) is 8.79 Å². The first kappa shape index (κ1) is 13.3. The van der Waals surface area contributed by atoms with Gasteiger partial charge in [0.15, 0.2) is 0 Å². The average molecular weight is 311 g/mol. The molecule has 0 saturated heterocycles. The smallest absolute Gasteiger partial charge is 0.131 e. The maximum atomic E-state index is 14.0. The van der Waals surface area contributed by atoms with Crippen LogP contribution >= 0.6 is 11.1 Å². The summed E-state index contributed by atoms with van der Waals surface area (Å²) in [7, 11) is 1.66. The van der Waals surface area contributed by atoms with Crippen LogP contribution in [0, 0.1) is 5.82 Å². The van der Waals surface area contributed by atoms with E-state index in [4.69, 9.17) is 9.13 Å². The van der Waals surface area contributed by atoms with Crippen LogP contribution in [0.25, 0.3) is 10.8 Å². The van der Waals surface area contributed by atoms with Gasteiger partial charge < -0.3 is 4.74 Å². The molecule has 0 fully saturated rings. The van der Waals surface area contributed by atoms with Crippen LogP contribution in [0.4, 0.5) is 4.39 Å². The van der Waals surface area contributed by atoms with E-state index in [-0.39, 0.29) is 5.82 Å². The van der Waals surface area contributed by atoms with Gasteiger partial charge in [-0.05, 0) is 35.7 Å². The van der Waals surface area contributed by atoms with Crippen LogP contribution in [0.3, 0.4) is 0 Å². The van der Waals surface area contributed by atoms with Gasteiger partial charge in [-0.2, -0.15) is 0 Å². The van der Waals surface area contributed by atoms with E-state index >= 15 is 0 Å². The van der Waals surface area contributed by atoms with Gasteiger partial charge in [-0.1, -0.05) is 24.3 Å². The molecular formula is C18H14FNOS. The van der Waals surface area contributed by atoms with E-state index in [0.717, 1.165) is 26.5 Å². The predicted octanol–water partition coefficient (Wildman–Crippen LogP) is 4.75. The Morgan fingerprint density at radius 3 is 2.59 bits per heavy atom. The standard InChI is InChI=1S/C18H14FNOS/c1-21-13-7-6-12-11-20-22(18(12)10-13)17-9-8-16(19)14-4-2-3-5-15(14)17/h2-11,22H,1H3. The van der Waals surface area contributed by atoms with Crippen molar-refractivity contribution < 1.29 is 9.13 Å². The van der Waals surface area contributed by atoms with Crippen molar-refractivity contribution in [2.75, 3.05) is 7.11 Å². The molecule has 0 saturated carbocycles. The zero-order valence-corrected chi connectivity index (χ0v) is 12.8. The number of fused-ring (bicyclic) bond motifs is 2. The third kappa shape index (κ3) is 1.99. The van der Waals surface area contributed by atoms with Crippen molar-refractivity contribution in [3.63, 3.8) is 0 Å². The number of methoxy groups -OCH3 is 1. The molecule has 1 unspecified atom stereocenters. The quantitative estimate of drug-likeness (QED) is 0.677. The number of hydrogen-bond donors (Lipinski definition) is 1. The van der Waals surface area contributed by atoms with Crippen molar-refractivity contribution in [1.82, 2.24) is 0 Å². The molecule has 1 atom stereocenters. The fourth-order valence-electron chi connectivity index (χ4n) is 2.75. The van der Waals surface area contributed by atoms with Crippen LogP contribution in [-0.2, 0) is 0 Å². The average Bonchev–Trinajstić information content (AvgIpc) is 2.98. The van der Waals surface area contributed by atoms with Gasteiger partial charge in [-0.3, -0.25) is 0 Å². The lowest BCUT2D eigenvalue weighted by atomic mass is 10.1. The highest BCUT2D eigenvalue weighted by molar-refractivity contribution is 8.16. The van der Waals surface area contributed by atoms with Crippen LogP contribution in [0.5, 0.6) is 5.75 Å². The van der Waals surface area contributed by atoms with Gasteiger partial charge in [0.2, 0.25) is 0 Å². The van der Waals surface area contributed by atoms with Gasteiger partial charge in [0.05, 0.1) is 7.11 Å². The van der Waals surface area contributed by atoms with Gasteiger partial charge in [-0.15, -0.1) is 11.1 Å². The number of ether oxygens (including phenoxy) is 1. The molecule has 0 spiro atoms. The molecule has 1 heterocycles. The van der Waals surface area contributed by atoms with E-state index in [9.17, 15) is 4.39 Å². The third-order valence-electron chi connectivity index (χ3n) is 3.85. The molecule has 0 aromatic heterocycles. The van der Waals surface area contributed by atoms with Gasteiger partial charge in [0.25, 0.3) is 0 Å². The van der Waals surface area contributed by atoms with Crippen molar-refractivity contribution in [1.29, 1.82) is 0 Å². The molecule has 2 nitrogen and oxygen atoms in total. The second-order valence-electron chi connectivity index (χ2n) is 5.09. The van der Waals surface area contributed by atoms with Crippen molar-refractivity contribution in [3.05, 3.63) is 66.0 Å². The minimum absolute atomic E-state index is 0.191. The lowest BCUT2D eigenvalue weighted by molar-refractivity contribution is 0.413. The van der Waals surface area contributed by atoms with Crippen LogP contribution in [0.15, 0.2) is 68.8 Å². The molecule has 4 heteroatoms. The van der Waals surface area contributed by atoms with E-state index in [1.54, 1.807) is 7.11 Å². The van der Waals surface area contributed by atoms with Crippen molar-refractivity contribution >= 4 is 28.1 Å². The Labute approximate surface area is 130 Å². The van der Waals surface area contributed by atoms with Crippen molar-refractivity contribution in [2.24, 2.45) is 4.40 Å². The molecule has 22 heavy (non-hydrogen) atoms. The van der Waals surface area contributed by atoms with E-state index in [1.807, 2.05) is 54.7 Å². The molecule has 0 radical (unpaired) electrons. The number of hydrogen-bond acceptors (Lipinski definition) is 2. The second-order valence-corrected chi connectivity index (χ2v) is 6.91. The first-order chi connectivity index (χ1) is 10.8. The van der Waals surface area contributed by atoms with E-state index in [2.05, 4.69) is 0 Å². The summed E-state index contributed by atoms with van der Waals surface area (Å²) in [5, 5.41) is 1.58. The van der Waals surface area contributed by atoms with Crippen LogP contribution in [0.1, 0.15) is 5.56 Å². The molecule has 110 valence electrons. The Morgan fingerprint density at radius 2 is 1.77 bits per heavy atom. The first-order valence-electron chi connectivity index (χ1n) is 6.97. The van der Waals surface area contributed by atoms with Crippen molar-refractivity contribution in [2.45, 2.75) is 9.79 Å². The highest BCUT2D eigenvalue weighted by atomic mass is 32.2. The molecule has 0 aliphatic carbocycles. The van der Waals surface area contributed by atoms with Gasteiger partial charge in [0.1, 0.15) is 11.6 Å². The Bertz CT molecular complexity index is 907. The second kappa shape index (κ2) is 5.14. The predicted molar refractivity (Wildman–Crippen MR) is 90.0 cm³/mol. The summed E-state index contributed by atoms with van der Waals surface area (Å²) in [6, 6.07) is 17.0. The lowest BCUT2D eigenvalue weighted by Gasteiger charge is -2.18. The lowest BCUT2D eigenvalue weighted by Crippen LogP contribution is -1.89. The SMILES string of the molecule is COc1ccc2c(c1)[SH](c1ccc(F)c3ccccc13)N=C2. The summed E-state index contributed by atoms with van der Waals surface area (Å²) in [5.74, 6) is 0.631. The maximum Gasteiger partial charge on any atom is 0.131 e. The minimum atomic E-state index is -0.867. The molecular weight excluding hydrogens is 297 g/mol. The summed E-state index contributed by atoms with van der Waals surface area (Å²) in [6.07, 6.45) is 1.90. The molecule has 4 rings (SSSR count). The topological polar surface area (TPSA) is 21.6 Å². The van der Waals surface area contributed by atoms with Crippen molar-refractivity contribution in [3.8, 4) is 5.75 Å². The molecule has 0 bridgehead atoms. The molecule has 0 amide bonds. The Kier molecular flexibility index (Phi) is 3.12. The van der Waals surface area contributed by atoms with E-state index in [1.165, 1.54) is 6.07 Å². The summed E-state index contributed by atoms with van der Waals surface area (Å²) in [5.41, 5.74) is 1.11. The first-order valence-corrected chi connectivity index (χ1v) is 8.27. The fraction of sp³-hybridized carbons (Fsp3) is 0.0556. The number of rotatable bonds is 2. The van der Waals surface area contributed by atoms with Gasteiger partial charge >= 0.3 is 0 Å². The third-order valence-corrected chi connectivity index (χ3v) is 5.89. The number of nitrogens with zero attached hydrogens (tertiary/aromatic N) is 1. The molecule has 1 aliphatic rings. The van der Waals surface area contributed by atoms with Crippen LogP contribution in [-0.4, -0.2) is 13.3 Å². The Balaban J connectivity index is 1.93. The van der Waals surface area contributed by atoms with Crippen LogP contribution < -0.4 is 4.74 Å². The number of thiol groups is 1. The summed E-state index contributed by atoms with van der Waals surface area (Å²) in [6.45, 7) is 0. The summed E-state index contributed by atoms with van der Waals surface area (Å²) >= 11 is -0.867. The zero-order chi connectivity index (χ0) is 15.1. The van der Waals surface area contributed by atoms with E-state index in [0.29, 0.717) is 5.39 Å². The summed E-state index contributed by atoms with van der Waals surface area (Å²) < 4.78 is 24.0. The highest BCUT2D eigenvalue weighted by Crippen LogP contribution is 2.53. The largest absolute Gasteiger partial charge is 0.497 e. The normalized spacial score (nSPS) is 17.6. The Morgan fingerprint density at radius 1 is 0.955 bits per heavy atom. The van der Waals surface area contributed by atoms with E-state index < -0.39 is 11.1 Å². The minimum Gasteiger partial charge on any atom is -0.497 e. The number of halogens is 1. The number of benzene rings is 3. The fourth-order valence-corrected chi connectivity index (χ4v) is 4.76. The summed E-state index contributed by atoms with van der Waals surface area (Å²) in [4.78, 5) is 2.24. The van der Waals surface area contributed by atoms with Gasteiger partial charge in [0, 0.05) is 27.0 Å². The Hall–Kier alpha value is -2.33. The maximum absolute atomic E-state index is 14.0. The molecule has 3 aromatic carbocycles. The molecule has 3 aromatic rings. The zero-order valence-electron chi connectivity index (χ0n) is 12.0.